The smallest absolute Gasteiger partial charge is 0.303 e. The average Bonchev–Trinajstić information content (AvgIpc) is 2.81. The summed E-state index contributed by atoms with van der Waals surface area (Å²) in [4.78, 5) is 22.0. The molecule has 0 fully saturated rings. The highest BCUT2D eigenvalue weighted by atomic mass is 35.5. The van der Waals surface area contributed by atoms with Crippen molar-refractivity contribution >= 4 is 68.2 Å². The van der Waals surface area contributed by atoms with Gasteiger partial charge in [-0.15, -0.1) is 11.6 Å². The fraction of sp³-hybridized carbons (Fsp3) is 0.391. The number of hydrogen-bond donors (Lipinski definition) is 0. The van der Waals surface area contributed by atoms with Gasteiger partial charge in [0.25, 0.3) is 0 Å². The van der Waals surface area contributed by atoms with Gasteiger partial charge >= 0.3 is 11.9 Å². The molecular formula is C23H24Cl4O9S. The van der Waals surface area contributed by atoms with Crippen LogP contribution in [0.4, 0.5) is 0 Å². The summed E-state index contributed by atoms with van der Waals surface area (Å²) >= 11 is 24.5. The van der Waals surface area contributed by atoms with Gasteiger partial charge in [0.1, 0.15) is 25.1 Å². The lowest BCUT2D eigenvalue weighted by Crippen LogP contribution is -2.28. The minimum atomic E-state index is -4.09. The molecule has 0 bridgehead atoms. The number of rotatable bonds is 13. The fourth-order valence-corrected chi connectivity index (χ4v) is 5.49. The second-order valence-electron chi connectivity index (χ2n) is 7.51. The predicted molar refractivity (Wildman–Crippen MR) is 138 cm³/mol. The number of methoxy groups -OCH3 is 1. The van der Waals surface area contributed by atoms with Crippen LogP contribution in [0.3, 0.4) is 0 Å². The Morgan fingerprint density at radius 1 is 0.811 bits per heavy atom. The summed E-state index contributed by atoms with van der Waals surface area (Å²) in [7, 11) is -2.65. The lowest BCUT2D eigenvalue weighted by atomic mass is 10.3. The molecule has 0 radical (unpaired) electrons. The molecule has 37 heavy (non-hydrogen) atoms. The molecular weight excluding hydrogens is 594 g/mol. The molecule has 0 aliphatic rings. The minimum Gasteiger partial charge on any atom is -0.488 e. The first-order valence-electron chi connectivity index (χ1n) is 10.6. The van der Waals surface area contributed by atoms with Gasteiger partial charge in [-0.2, -0.15) is 0 Å². The predicted octanol–water partition coefficient (Wildman–Crippen LogP) is 4.99. The quantitative estimate of drug-likeness (QED) is 0.226. The van der Waals surface area contributed by atoms with Crippen molar-refractivity contribution in [2.45, 2.75) is 35.8 Å². The van der Waals surface area contributed by atoms with E-state index in [-0.39, 0.29) is 62.1 Å². The monoisotopic (exact) mass is 616 g/mol. The van der Waals surface area contributed by atoms with Crippen LogP contribution in [-0.4, -0.2) is 65.4 Å². The Hall–Kier alpha value is -1.95. The first-order valence-corrected chi connectivity index (χ1v) is 13.7. The van der Waals surface area contributed by atoms with E-state index in [4.69, 9.17) is 70.1 Å². The van der Waals surface area contributed by atoms with Crippen molar-refractivity contribution in [1.29, 1.82) is 0 Å². The number of halogens is 4. The third-order valence-electron chi connectivity index (χ3n) is 4.52. The van der Waals surface area contributed by atoms with Crippen molar-refractivity contribution in [3.05, 3.63) is 45.4 Å². The van der Waals surface area contributed by atoms with Gasteiger partial charge in [0.05, 0.1) is 37.3 Å². The van der Waals surface area contributed by atoms with Crippen LogP contribution in [0.25, 0.3) is 0 Å². The summed E-state index contributed by atoms with van der Waals surface area (Å²) in [6, 6.07) is 6.22. The maximum atomic E-state index is 13.2. The highest BCUT2D eigenvalue weighted by Crippen LogP contribution is 2.38. The Bertz CT molecular complexity index is 1200. The van der Waals surface area contributed by atoms with Crippen molar-refractivity contribution in [3.8, 4) is 11.5 Å². The number of carbonyl (C=O) groups is 2. The van der Waals surface area contributed by atoms with E-state index in [9.17, 15) is 18.0 Å². The summed E-state index contributed by atoms with van der Waals surface area (Å²) in [5.74, 6) is -0.893. The van der Waals surface area contributed by atoms with Gasteiger partial charge in [-0.05, 0) is 30.3 Å². The number of carbonyl (C=O) groups excluding carboxylic acids is 2. The average molecular weight is 618 g/mol. The topological polar surface area (TPSA) is 114 Å². The van der Waals surface area contributed by atoms with Gasteiger partial charge < -0.3 is 23.7 Å². The third-order valence-corrected chi connectivity index (χ3v) is 7.46. The summed E-state index contributed by atoms with van der Waals surface area (Å²) in [6.45, 7) is 2.38. The number of alkyl halides is 1. The Morgan fingerprint density at radius 2 is 1.35 bits per heavy atom. The molecule has 0 aromatic heterocycles. The molecule has 0 saturated heterocycles. The molecule has 2 rings (SSSR count). The second-order valence-corrected chi connectivity index (χ2v) is 11.0. The minimum absolute atomic E-state index is 0.00438. The van der Waals surface area contributed by atoms with Crippen molar-refractivity contribution in [3.63, 3.8) is 0 Å². The number of esters is 2. The van der Waals surface area contributed by atoms with Crippen LogP contribution >= 0.6 is 46.4 Å². The third kappa shape index (κ3) is 9.08. The summed E-state index contributed by atoms with van der Waals surface area (Å²) in [5, 5.41) is -0.152. The molecule has 204 valence electrons. The number of hydrogen-bond acceptors (Lipinski definition) is 9. The van der Waals surface area contributed by atoms with Gasteiger partial charge in [-0.25, -0.2) is 8.42 Å². The molecule has 0 N–H and O–H groups in total. The van der Waals surface area contributed by atoms with Crippen LogP contribution in [0.5, 0.6) is 11.5 Å². The normalized spacial score (nSPS) is 12.9. The Morgan fingerprint density at radius 3 is 1.86 bits per heavy atom. The lowest BCUT2D eigenvalue weighted by molar-refractivity contribution is -0.150. The van der Waals surface area contributed by atoms with E-state index in [0.717, 1.165) is 0 Å². The number of ether oxygens (including phenoxy) is 5. The molecule has 0 amide bonds. The highest BCUT2D eigenvalue weighted by molar-refractivity contribution is 7.91. The lowest BCUT2D eigenvalue weighted by Gasteiger charge is -2.18. The molecule has 0 saturated carbocycles. The molecule has 9 nitrogen and oxygen atoms in total. The Kier molecular flexibility index (Phi) is 12.1. The van der Waals surface area contributed by atoms with Gasteiger partial charge in [0.2, 0.25) is 9.84 Å². The van der Waals surface area contributed by atoms with E-state index in [0.29, 0.717) is 0 Å². The first-order chi connectivity index (χ1) is 17.4. The van der Waals surface area contributed by atoms with Crippen molar-refractivity contribution in [1.82, 2.24) is 0 Å². The van der Waals surface area contributed by atoms with E-state index >= 15 is 0 Å². The molecule has 14 heteroatoms. The van der Waals surface area contributed by atoms with Crippen molar-refractivity contribution < 1.29 is 41.7 Å². The SMILES string of the molecule is COCC(COc1ccc(S(=O)(=O)c2cc(Cl)c(OCC(CCl)OC(C)=O)c(Cl)c2)cc1Cl)OC(C)=O. The van der Waals surface area contributed by atoms with Crippen LogP contribution in [0.2, 0.25) is 15.1 Å². The summed E-state index contributed by atoms with van der Waals surface area (Å²) in [5.41, 5.74) is 0. The zero-order valence-corrected chi connectivity index (χ0v) is 23.8. The van der Waals surface area contributed by atoms with E-state index in [1.54, 1.807) is 0 Å². The zero-order valence-electron chi connectivity index (χ0n) is 20.0. The van der Waals surface area contributed by atoms with Gasteiger partial charge in [0, 0.05) is 21.0 Å². The number of sulfone groups is 1. The largest absolute Gasteiger partial charge is 0.488 e. The highest BCUT2D eigenvalue weighted by Gasteiger charge is 2.24. The van der Waals surface area contributed by atoms with Crippen LogP contribution in [0.1, 0.15) is 13.8 Å². The van der Waals surface area contributed by atoms with E-state index < -0.39 is 34.0 Å². The van der Waals surface area contributed by atoms with E-state index in [1.807, 2.05) is 0 Å². The van der Waals surface area contributed by atoms with E-state index in [1.165, 1.54) is 51.3 Å². The van der Waals surface area contributed by atoms with Gasteiger partial charge in [0.15, 0.2) is 11.9 Å². The van der Waals surface area contributed by atoms with Crippen molar-refractivity contribution in [2.75, 3.05) is 32.8 Å². The standard InChI is InChI=1S/C23H24Cl4O9S/c1-13(28)35-15(9-24)11-34-23-20(26)7-18(8-21(23)27)37(30,31)17-4-5-22(19(25)6-17)33-12-16(10-32-3)36-14(2)29/h4-8,15-16H,9-12H2,1-3H3. The molecule has 0 spiro atoms. The first kappa shape index (κ1) is 31.3. The molecule has 2 atom stereocenters. The van der Waals surface area contributed by atoms with Crippen LogP contribution in [-0.2, 0) is 33.6 Å². The molecule has 2 unspecified atom stereocenters. The maximum Gasteiger partial charge on any atom is 0.303 e. The molecule has 0 heterocycles. The number of benzene rings is 2. The van der Waals surface area contributed by atoms with Crippen LogP contribution in [0.15, 0.2) is 40.1 Å². The second kappa shape index (κ2) is 14.3. The van der Waals surface area contributed by atoms with Gasteiger partial charge in [-0.1, -0.05) is 34.8 Å². The Balaban J connectivity index is 2.22. The van der Waals surface area contributed by atoms with Gasteiger partial charge in [-0.3, -0.25) is 9.59 Å². The van der Waals surface area contributed by atoms with Crippen LogP contribution < -0.4 is 9.47 Å². The summed E-state index contributed by atoms with van der Waals surface area (Å²) in [6.07, 6.45) is -1.43. The van der Waals surface area contributed by atoms with Crippen LogP contribution in [0, 0.1) is 0 Å². The fourth-order valence-electron chi connectivity index (χ4n) is 2.97. The maximum absolute atomic E-state index is 13.2. The van der Waals surface area contributed by atoms with E-state index in [2.05, 4.69) is 0 Å². The zero-order chi connectivity index (χ0) is 27.8. The molecule has 2 aromatic carbocycles. The Labute approximate surface area is 234 Å². The molecule has 2 aromatic rings. The molecule has 0 aliphatic carbocycles. The molecule has 0 aliphatic heterocycles. The summed E-state index contributed by atoms with van der Waals surface area (Å²) < 4.78 is 52.6. The van der Waals surface area contributed by atoms with Crippen molar-refractivity contribution in [2.24, 2.45) is 0 Å².